The van der Waals surface area contributed by atoms with Gasteiger partial charge < -0.3 is 14.2 Å². The van der Waals surface area contributed by atoms with E-state index < -0.39 is 6.10 Å². The van der Waals surface area contributed by atoms with Gasteiger partial charge in [-0.15, -0.1) is 0 Å². The Morgan fingerprint density at radius 2 is 0.494 bits per heavy atom. The highest BCUT2D eigenvalue weighted by Crippen LogP contribution is 2.16. The average molecular weight is 1100 g/mol. The van der Waals surface area contributed by atoms with Crippen molar-refractivity contribution in [3.05, 3.63) is 109 Å². The number of esters is 3. The maximum absolute atomic E-state index is 12.9. The quantitative estimate of drug-likeness (QED) is 0.0261. The largest absolute Gasteiger partial charge is 0.462 e. The van der Waals surface area contributed by atoms with Crippen molar-refractivity contribution in [2.45, 2.75) is 322 Å². The first kappa shape index (κ1) is 75.1. The van der Waals surface area contributed by atoms with Gasteiger partial charge in [-0.1, -0.05) is 297 Å². The first-order valence-corrected chi connectivity index (χ1v) is 33.4. The van der Waals surface area contributed by atoms with Crippen molar-refractivity contribution < 1.29 is 28.6 Å². The number of carbonyl (C=O) groups excluding carboxylic acids is 3. The minimum absolute atomic E-state index is 0.0771. The number of unbranched alkanes of at least 4 members (excludes halogenated alkanes) is 31. The van der Waals surface area contributed by atoms with Crippen molar-refractivity contribution in [3.8, 4) is 0 Å². The summed E-state index contributed by atoms with van der Waals surface area (Å²) in [6.45, 7) is 6.48. The third-order valence-electron chi connectivity index (χ3n) is 14.3. The van der Waals surface area contributed by atoms with E-state index in [0.29, 0.717) is 19.3 Å². The minimum Gasteiger partial charge on any atom is -0.462 e. The van der Waals surface area contributed by atoms with Gasteiger partial charge >= 0.3 is 17.9 Å². The third-order valence-corrected chi connectivity index (χ3v) is 14.3. The molecule has 0 aliphatic carbocycles. The zero-order valence-corrected chi connectivity index (χ0v) is 51.9. The number of rotatable bonds is 60. The molecule has 0 aromatic heterocycles. The summed E-state index contributed by atoms with van der Waals surface area (Å²) in [5, 5.41) is 0. The molecular formula is C73H124O6. The first-order chi connectivity index (χ1) is 39.0. The van der Waals surface area contributed by atoms with Crippen LogP contribution in [-0.4, -0.2) is 37.2 Å². The van der Waals surface area contributed by atoms with Crippen molar-refractivity contribution >= 4 is 17.9 Å². The highest BCUT2D eigenvalue weighted by molar-refractivity contribution is 5.71. The summed E-state index contributed by atoms with van der Waals surface area (Å²) in [6, 6.07) is 0. The van der Waals surface area contributed by atoms with Crippen LogP contribution in [0.2, 0.25) is 0 Å². The van der Waals surface area contributed by atoms with Crippen molar-refractivity contribution in [1.29, 1.82) is 0 Å². The molecule has 0 radical (unpaired) electrons. The second-order valence-corrected chi connectivity index (χ2v) is 22.0. The molecule has 452 valence electrons. The number of hydrogen-bond acceptors (Lipinski definition) is 6. The maximum Gasteiger partial charge on any atom is 0.306 e. The Kier molecular flexibility index (Phi) is 63.3. The van der Waals surface area contributed by atoms with Gasteiger partial charge in [0.2, 0.25) is 0 Å². The summed E-state index contributed by atoms with van der Waals surface area (Å²) in [4.78, 5) is 38.1. The lowest BCUT2D eigenvalue weighted by atomic mass is 10.0. The van der Waals surface area contributed by atoms with E-state index in [-0.39, 0.29) is 31.1 Å². The monoisotopic (exact) mass is 1100 g/mol. The van der Waals surface area contributed by atoms with E-state index in [2.05, 4.69) is 130 Å². The molecular weight excluding hydrogens is 973 g/mol. The Balaban J connectivity index is 4.06. The molecule has 0 aliphatic rings. The Hall–Kier alpha value is -3.93. The van der Waals surface area contributed by atoms with Crippen molar-refractivity contribution in [3.63, 3.8) is 0 Å². The summed E-state index contributed by atoms with van der Waals surface area (Å²) in [7, 11) is 0. The average Bonchev–Trinajstić information content (AvgIpc) is 3.45. The van der Waals surface area contributed by atoms with E-state index >= 15 is 0 Å². The second-order valence-electron chi connectivity index (χ2n) is 22.0. The van der Waals surface area contributed by atoms with Crippen molar-refractivity contribution in [1.82, 2.24) is 0 Å². The van der Waals surface area contributed by atoms with Crippen LogP contribution in [0.25, 0.3) is 0 Å². The second kappa shape index (κ2) is 66.6. The van der Waals surface area contributed by atoms with E-state index in [1.165, 1.54) is 167 Å². The van der Waals surface area contributed by atoms with E-state index in [0.717, 1.165) is 109 Å². The number of hydrogen-bond donors (Lipinski definition) is 0. The van der Waals surface area contributed by atoms with Gasteiger partial charge in [-0.2, -0.15) is 0 Å². The van der Waals surface area contributed by atoms with Crippen LogP contribution in [0.15, 0.2) is 109 Å². The Bertz CT molecular complexity index is 1590. The predicted octanol–water partition coefficient (Wildman–Crippen LogP) is 23.0. The predicted molar refractivity (Wildman–Crippen MR) is 343 cm³/mol. The molecule has 79 heavy (non-hydrogen) atoms. The minimum atomic E-state index is -0.778. The van der Waals surface area contributed by atoms with E-state index in [9.17, 15) is 14.4 Å². The van der Waals surface area contributed by atoms with Crippen LogP contribution in [0.1, 0.15) is 316 Å². The van der Waals surface area contributed by atoms with Crippen LogP contribution in [-0.2, 0) is 28.6 Å². The molecule has 6 heteroatoms. The molecule has 0 aromatic carbocycles. The van der Waals surface area contributed by atoms with Gasteiger partial charge in [0.15, 0.2) is 6.10 Å². The standard InChI is InChI=1S/C73H124O6/c1-4-7-10-13-16-18-20-22-24-26-28-29-30-31-32-33-34-35-36-37-38-39-40-41-42-43-45-46-48-50-52-54-57-60-63-66-72(75)78-69-70(68-77-71(74)65-62-59-56-15-12-9-6-3)79-73(76)67-64-61-58-55-53-51-49-47-44-27-25-23-21-19-17-14-11-8-5-2/h7,10,16-19,22-25,28-29,31-32,34-35,37-38,70H,4-6,8-9,11-15,20-21,26-27,30,33,36,39-69H2,1-3H3/b10-7-,18-16-,19-17-,24-22-,25-23-,29-28-,32-31-,35-34-,38-37-. The fourth-order valence-corrected chi connectivity index (χ4v) is 9.28. The van der Waals surface area contributed by atoms with Gasteiger partial charge in [0.1, 0.15) is 13.2 Å². The Morgan fingerprint density at radius 3 is 0.797 bits per heavy atom. The van der Waals surface area contributed by atoms with E-state index in [1.807, 2.05) is 0 Å². The highest BCUT2D eigenvalue weighted by Gasteiger charge is 2.19. The fourth-order valence-electron chi connectivity index (χ4n) is 9.28. The van der Waals surface area contributed by atoms with Gasteiger partial charge in [-0.3, -0.25) is 14.4 Å². The molecule has 1 unspecified atom stereocenters. The number of allylic oxidation sites excluding steroid dienone is 18. The summed E-state index contributed by atoms with van der Waals surface area (Å²) in [5.41, 5.74) is 0. The lowest BCUT2D eigenvalue weighted by Gasteiger charge is -2.18. The van der Waals surface area contributed by atoms with Crippen LogP contribution in [0.5, 0.6) is 0 Å². The lowest BCUT2D eigenvalue weighted by Crippen LogP contribution is -2.30. The molecule has 0 rings (SSSR count). The van der Waals surface area contributed by atoms with Gasteiger partial charge in [-0.25, -0.2) is 0 Å². The van der Waals surface area contributed by atoms with Crippen LogP contribution in [0.3, 0.4) is 0 Å². The molecule has 0 aliphatic heterocycles. The smallest absolute Gasteiger partial charge is 0.306 e. The van der Waals surface area contributed by atoms with Crippen molar-refractivity contribution in [2.75, 3.05) is 13.2 Å². The molecule has 0 aromatic rings. The summed E-state index contributed by atoms with van der Waals surface area (Å²) in [5.74, 6) is -0.880. The molecule has 0 saturated carbocycles. The lowest BCUT2D eigenvalue weighted by molar-refractivity contribution is -0.167. The Labute approximate surface area is 489 Å². The normalized spacial score (nSPS) is 12.8. The fraction of sp³-hybridized carbons (Fsp3) is 0.712. The molecule has 0 N–H and O–H groups in total. The summed E-state index contributed by atoms with van der Waals surface area (Å²) in [6.07, 6.45) is 91.3. The topological polar surface area (TPSA) is 78.9 Å². The van der Waals surface area contributed by atoms with Gasteiger partial charge in [-0.05, 0) is 109 Å². The Morgan fingerprint density at radius 1 is 0.266 bits per heavy atom. The molecule has 0 bridgehead atoms. The van der Waals surface area contributed by atoms with E-state index in [4.69, 9.17) is 14.2 Å². The molecule has 0 saturated heterocycles. The highest BCUT2D eigenvalue weighted by atomic mass is 16.6. The number of carbonyl (C=O) groups is 3. The van der Waals surface area contributed by atoms with Crippen LogP contribution >= 0.6 is 0 Å². The molecule has 6 nitrogen and oxygen atoms in total. The van der Waals surface area contributed by atoms with Crippen molar-refractivity contribution in [2.24, 2.45) is 0 Å². The van der Waals surface area contributed by atoms with Gasteiger partial charge in [0.25, 0.3) is 0 Å². The molecule has 0 heterocycles. The SMILES string of the molecule is CC/C=C\C/C=C\C/C=C\C/C=C\C/C=C\C/C=C\C/C=C\CCCCCCCCCCCCCCCC(=O)OCC(COC(=O)CCCCCCCCC)OC(=O)CCCCCCCCCCC/C=C\C/C=C\CCCCC. The maximum atomic E-state index is 12.9. The van der Waals surface area contributed by atoms with Crippen LogP contribution in [0, 0.1) is 0 Å². The van der Waals surface area contributed by atoms with Gasteiger partial charge in [0, 0.05) is 19.3 Å². The van der Waals surface area contributed by atoms with Gasteiger partial charge in [0.05, 0.1) is 0 Å². The van der Waals surface area contributed by atoms with E-state index in [1.54, 1.807) is 0 Å². The van der Waals surface area contributed by atoms with Crippen LogP contribution in [0.4, 0.5) is 0 Å². The zero-order valence-electron chi connectivity index (χ0n) is 51.9. The molecule has 0 spiro atoms. The molecule has 1 atom stereocenters. The molecule has 0 fully saturated rings. The molecule has 0 amide bonds. The first-order valence-electron chi connectivity index (χ1n) is 33.4. The number of ether oxygens (including phenoxy) is 3. The summed E-state index contributed by atoms with van der Waals surface area (Å²) < 4.78 is 16.8. The zero-order chi connectivity index (χ0) is 57.1. The summed E-state index contributed by atoms with van der Waals surface area (Å²) >= 11 is 0. The third kappa shape index (κ3) is 64.8. The van der Waals surface area contributed by atoms with Crippen LogP contribution < -0.4 is 0 Å².